The van der Waals surface area contributed by atoms with Crippen LogP contribution in [0.3, 0.4) is 0 Å². The van der Waals surface area contributed by atoms with Crippen molar-refractivity contribution in [2.24, 2.45) is 14.1 Å². The SMILES string of the molecule is Cc1ccc(-c2c3c(=O)n(C)c(=O)n(C)c3cn2-c2ccccc2Cl)cc1[N+](=O)[O-]. The van der Waals surface area contributed by atoms with Crippen LogP contribution in [0.4, 0.5) is 5.69 Å². The first-order valence-corrected chi connectivity index (χ1v) is 9.41. The van der Waals surface area contributed by atoms with E-state index in [0.717, 1.165) is 4.57 Å². The summed E-state index contributed by atoms with van der Waals surface area (Å²) in [6, 6.07) is 11.8. The van der Waals surface area contributed by atoms with Crippen molar-refractivity contribution in [3.05, 3.63) is 90.2 Å². The number of para-hydroxylation sites is 1. The number of nitro groups is 1. The van der Waals surface area contributed by atoms with Crippen LogP contribution in [0.2, 0.25) is 5.02 Å². The molecule has 0 spiro atoms. The van der Waals surface area contributed by atoms with E-state index in [1.54, 1.807) is 61.1 Å². The zero-order chi connectivity index (χ0) is 21.7. The molecule has 0 unspecified atom stereocenters. The molecule has 0 bridgehead atoms. The van der Waals surface area contributed by atoms with Crippen molar-refractivity contribution in [2.45, 2.75) is 6.92 Å². The van der Waals surface area contributed by atoms with Gasteiger partial charge in [0.05, 0.1) is 32.2 Å². The third kappa shape index (κ3) is 2.84. The summed E-state index contributed by atoms with van der Waals surface area (Å²) in [7, 11) is 2.97. The van der Waals surface area contributed by atoms with Gasteiger partial charge >= 0.3 is 5.69 Å². The Morgan fingerprint density at radius 2 is 1.73 bits per heavy atom. The van der Waals surface area contributed by atoms with Crippen LogP contribution < -0.4 is 11.2 Å². The summed E-state index contributed by atoms with van der Waals surface area (Å²) in [6.07, 6.45) is 1.65. The maximum atomic E-state index is 13.1. The second kappa shape index (κ2) is 7.00. The normalized spacial score (nSPS) is 11.2. The highest BCUT2D eigenvalue weighted by atomic mass is 35.5. The number of aromatic nitrogens is 3. The molecule has 4 rings (SSSR count). The smallest absolute Gasteiger partial charge is 0.312 e. The third-order valence-corrected chi connectivity index (χ3v) is 5.55. The first-order chi connectivity index (χ1) is 14.2. The lowest BCUT2D eigenvalue weighted by Crippen LogP contribution is -2.36. The van der Waals surface area contributed by atoms with Crippen molar-refractivity contribution in [2.75, 3.05) is 0 Å². The number of nitrogens with zero attached hydrogens (tertiary/aromatic N) is 4. The van der Waals surface area contributed by atoms with Crippen LogP contribution in [-0.2, 0) is 14.1 Å². The Morgan fingerprint density at radius 3 is 2.40 bits per heavy atom. The lowest BCUT2D eigenvalue weighted by molar-refractivity contribution is -0.385. The first-order valence-electron chi connectivity index (χ1n) is 9.03. The average Bonchev–Trinajstić information content (AvgIpc) is 3.11. The van der Waals surface area contributed by atoms with Gasteiger partial charge in [-0.05, 0) is 19.1 Å². The second-order valence-electron chi connectivity index (χ2n) is 7.02. The lowest BCUT2D eigenvalue weighted by atomic mass is 10.1. The minimum Gasteiger partial charge on any atom is -0.312 e. The Labute approximate surface area is 175 Å². The van der Waals surface area contributed by atoms with Gasteiger partial charge in [0.2, 0.25) is 0 Å². The molecule has 0 saturated carbocycles. The van der Waals surface area contributed by atoms with Gasteiger partial charge in [0.1, 0.15) is 0 Å². The molecule has 0 saturated heterocycles. The first kappa shape index (κ1) is 19.7. The molecule has 152 valence electrons. The van der Waals surface area contributed by atoms with E-state index in [2.05, 4.69) is 0 Å². The predicted molar refractivity (Wildman–Crippen MR) is 116 cm³/mol. The highest BCUT2D eigenvalue weighted by molar-refractivity contribution is 6.32. The Bertz CT molecular complexity index is 1460. The van der Waals surface area contributed by atoms with Gasteiger partial charge in [-0.1, -0.05) is 35.9 Å². The van der Waals surface area contributed by atoms with Gasteiger partial charge in [-0.15, -0.1) is 0 Å². The Kier molecular flexibility index (Phi) is 4.58. The molecule has 0 fully saturated rings. The number of hydrogen-bond acceptors (Lipinski definition) is 4. The fourth-order valence-corrected chi connectivity index (χ4v) is 3.84. The van der Waals surface area contributed by atoms with Crippen LogP contribution in [0.1, 0.15) is 5.56 Å². The van der Waals surface area contributed by atoms with Gasteiger partial charge < -0.3 is 4.57 Å². The topological polar surface area (TPSA) is 92.1 Å². The van der Waals surface area contributed by atoms with Gasteiger partial charge in [-0.2, -0.15) is 0 Å². The van der Waals surface area contributed by atoms with Gasteiger partial charge in [0.15, 0.2) is 0 Å². The van der Waals surface area contributed by atoms with Crippen LogP contribution in [-0.4, -0.2) is 18.6 Å². The number of nitro benzene ring substituents is 1. The molecule has 0 aliphatic rings. The highest BCUT2D eigenvalue weighted by Crippen LogP contribution is 2.35. The summed E-state index contributed by atoms with van der Waals surface area (Å²) in [5.41, 5.74) is 1.38. The third-order valence-electron chi connectivity index (χ3n) is 5.23. The van der Waals surface area contributed by atoms with Crippen LogP contribution in [0.25, 0.3) is 27.8 Å². The van der Waals surface area contributed by atoms with E-state index in [4.69, 9.17) is 11.6 Å². The van der Waals surface area contributed by atoms with Crippen molar-refractivity contribution in [3.8, 4) is 16.9 Å². The molecule has 0 aliphatic heterocycles. The molecule has 8 nitrogen and oxygen atoms in total. The maximum Gasteiger partial charge on any atom is 0.330 e. The molecule has 30 heavy (non-hydrogen) atoms. The number of halogens is 1. The molecular weight excluding hydrogens is 408 g/mol. The zero-order valence-electron chi connectivity index (χ0n) is 16.4. The summed E-state index contributed by atoms with van der Waals surface area (Å²) >= 11 is 6.41. The molecule has 2 aromatic carbocycles. The zero-order valence-corrected chi connectivity index (χ0v) is 17.2. The summed E-state index contributed by atoms with van der Waals surface area (Å²) in [5.74, 6) is 0. The van der Waals surface area contributed by atoms with E-state index in [-0.39, 0.29) is 11.1 Å². The van der Waals surface area contributed by atoms with Gasteiger partial charge in [-0.25, -0.2) is 4.79 Å². The summed E-state index contributed by atoms with van der Waals surface area (Å²) in [6.45, 7) is 1.65. The number of rotatable bonds is 3. The molecule has 0 radical (unpaired) electrons. The van der Waals surface area contributed by atoms with Crippen molar-refractivity contribution in [1.82, 2.24) is 13.7 Å². The minimum atomic E-state index is -0.489. The molecule has 9 heteroatoms. The average molecular weight is 425 g/mol. The highest BCUT2D eigenvalue weighted by Gasteiger charge is 2.23. The summed E-state index contributed by atoms with van der Waals surface area (Å²) in [5, 5.41) is 12.2. The van der Waals surface area contributed by atoms with E-state index in [0.29, 0.717) is 33.0 Å². The monoisotopic (exact) mass is 424 g/mol. The van der Waals surface area contributed by atoms with Crippen LogP contribution in [0.15, 0.2) is 58.3 Å². The van der Waals surface area contributed by atoms with Gasteiger partial charge in [0, 0.05) is 37.5 Å². The predicted octanol–water partition coefficient (Wildman–Crippen LogP) is 3.56. The van der Waals surface area contributed by atoms with E-state index in [1.165, 1.54) is 17.7 Å². The number of fused-ring (bicyclic) bond motifs is 1. The van der Waals surface area contributed by atoms with E-state index in [9.17, 15) is 19.7 Å². The molecule has 4 aromatic rings. The molecular formula is C21H17ClN4O4. The summed E-state index contributed by atoms with van der Waals surface area (Å²) in [4.78, 5) is 36.6. The Hall–Kier alpha value is -3.65. The van der Waals surface area contributed by atoms with Gasteiger partial charge in [-0.3, -0.25) is 24.0 Å². The molecule has 0 atom stereocenters. The Balaban J connectivity index is 2.23. The van der Waals surface area contributed by atoms with Crippen molar-refractivity contribution >= 4 is 28.2 Å². The second-order valence-corrected chi connectivity index (χ2v) is 7.43. The molecule has 0 amide bonds. The Morgan fingerprint density at radius 1 is 1.03 bits per heavy atom. The summed E-state index contributed by atoms with van der Waals surface area (Å²) < 4.78 is 4.09. The molecule has 0 N–H and O–H groups in total. The van der Waals surface area contributed by atoms with Crippen LogP contribution in [0, 0.1) is 17.0 Å². The maximum absolute atomic E-state index is 13.1. The standard InChI is InChI=1S/C21H17ClN4O4/c1-12-8-9-13(10-16(12)26(29)30)19-18-17(23(2)21(28)24(3)20(18)27)11-25(19)15-7-5-4-6-14(15)22/h4-11H,1-3H3. The van der Waals surface area contributed by atoms with Gasteiger partial charge in [0.25, 0.3) is 11.2 Å². The minimum absolute atomic E-state index is 0.0609. The number of benzene rings is 2. The van der Waals surface area contributed by atoms with Crippen molar-refractivity contribution in [3.63, 3.8) is 0 Å². The van der Waals surface area contributed by atoms with E-state index in [1.807, 2.05) is 0 Å². The van der Waals surface area contributed by atoms with Crippen molar-refractivity contribution in [1.29, 1.82) is 0 Å². The number of aryl methyl sites for hydroxylation is 2. The van der Waals surface area contributed by atoms with E-state index >= 15 is 0 Å². The molecule has 2 aromatic heterocycles. The van der Waals surface area contributed by atoms with Crippen LogP contribution in [0.5, 0.6) is 0 Å². The molecule has 0 aliphatic carbocycles. The number of hydrogen-bond donors (Lipinski definition) is 0. The molecule has 2 heterocycles. The lowest BCUT2D eigenvalue weighted by Gasteiger charge is -2.12. The van der Waals surface area contributed by atoms with Crippen LogP contribution >= 0.6 is 11.6 Å². The van der Waals surface area contributed by atoms with E-state index < -0.39 is 16.2 Å². The largest absolute Gasteiger partial charge is 0.330 e. The fourth-order valence-electron chi connectivity index (χ4n) is 3.61. The quantitative estimate of drug-likeness (QED) is 0.371. The fraction of sp³-hybridized carbons (Fsp3) is 0.143. The van der Waals surface area contributed by atoms with Crippen molar-refractivity contribution < 1.29 is 4.92 Å².